The third-order valence-corrected chi connectivity index (χ3v) is 10.3. The molecule has 12 heteroatoms. The molecule has 2 aliphatic carbocycles. The van der Waals surface area contributed by atoms with Gasteiger partial charge in [0.1, 0.15) is 23.8 Å². The highest BCUT2D eigenvalue weighted by Gasteiger charge is 2.43. The third-order valence-electron chi connectivity index (χ3n) is 10.3. The Balaban J connectivity index is 1.21. The molecule has 3 N–H and O–H groups in total. The number of pyridine rings is 1. The molecule has 242 valence electrons. The Morgan fingerprint density at radius 1 is 1.04 bits per heavy atom. The normalized spacial score (nSPS) is 29.7. The van der Waals surface area contributed by atoms with Gasteiger partial charge in [0, 0.05) is 36.9 Å². The minimum atomic E-state index is -1.22. The number of piperidine rings is 1. The van der Waals surface area contributed by atoms with E-state index in [4.69, 9.17) is 9.97 Å². The molecule has 7 atom stereocenters. The Hall–Kier alpha value is -3.93. The maximum atomic E-state index is 15.6. The number of fused-ring (bicyclic) bond motifs is 3. The van der Waals surface area contributed by atoms with Crippen molar-refractivity contribution in [2.45, 2.75) is 88.9 Å². The molecule has 3 aromatic heterocycles. The van der Waals surface area contributed by atoms with Crippen molar-refractivity contribution in [2.24, 2.45) is 11.8 Å². The summed E-state index contributed by atoms with van der Waals surface area (Å²) < 4.78 is 48.6. The van der Waals surface area contributed by atoms with Crippen molar-refractivity contribution in [2.75, 3.05) is 13.1 Å². The molecule has 2 saturated carbocycles. The summed E-state index contributed by atoms with van der Waals surface area (Å²) in [6.45, 7) is 3.40. The molecule has 3 fully saturated rings. The Morgan fingerprint density at radius 2 is 1.89 bits per heavy atom. The van der Waals surface area contributed by atoms with Gasteiger partial charge < -0.3 is 25.1 Å². The topological polar surface area (TPSA) is 106 Å². The number of amides is 2. The number of nitrogens with zero attached hydrogens (tertiary/aromatic N) is 4. The second-order valence-corrected chi connectivity index (χ2v) is 13.5. The summed E-state index contributed by atoms with van der Waals surface area (Å²) in [7, 11) is 0. The largest absolute Gasteiger partial charge is 0.348 e. The number of carbonyl (C=O) groups excluding carboxylic acids is 2. The number of alkyl halides is 2. The Kier molecular flexibility index (Phi) is 7.30. The van der Waals surface area contributed by atoms with Crippen LogP contribution < -0.4 is 16.0 Å². The van der Waals surface area contributed by atoms with E-state index in [-0.39, 0.29) is 42.8 Å². The molecular formula is C34H38F3N7O2. The van der Waals surface area contributed by atoms with Gasteiger partial charge in [0.05, 0.1) is 46.1 Å². The Morgan fingerprint density at radius 3 is 2.70 bits per heavy atom. The van der Waals surface area contributed by atoms with Gasteiger partial charge in [-0.2, -0.15) is 0 Å². The van der Waals surface area contributed by atoms with Crippen LogP contribution in [0.3, 0.4) is 0 Å². The maximum Gasteiger partial charge on any atom is 0.254 e. The number of aromatic nitrogens is 4. The number of benzene rings is 1. The lowest BCUT2D eigenvalue weighted by Crippen LogP contribution is -2.52. The van der Waals surface area contributed by atoms with Crippen LogP contribution in [0.1, 0.15) is 80.0 Å². The third kappa shape index (κ3) is 5.24. The highest BCUT2D eigenvalue weighted by atomic mass is 19.1. The summed E-state index contributed by atoms with van der Waals surface area (Å²) in [5.41, 5.74) is 2.77. The standard InChI is InChI=1S/C34H38F3N7O2/c1-17-25-7-6-19-12-30(43(31(19)40-25)10-4-2-3-5-18-11-20(18)33(45)39-17)32-41-26-13-21(34(46)42-27-16-38-9-8-22(27)35)23(36)14-29(26)44(32)28-15-24(28)37/h6-7,12-14,17-18,20,22,24,27-28,38H,2-5,8-11,15-16H2,1H3,(H,39,45)(H,42,46)/t17-,18-,20-,22+,24-,27+,28+/m1/s1. The second kappa shape index (κ2) is 11.4. The zero-order chi connectivity index (χ0) is 31.7. The molecule has 2 aliphatic heterocycles. The molecule has 4 aliphatic rings. The van der Waals surface area contributed by atoms with Crippen LogP contribution in [0.25, 0.3) is 33.6 Å². The molecular weight excluding hydrogens is 595 g/mol. The summed E-state index contributed by atoms with van der Waals surface area (Å²) in [6.07, 6.45) is 3.14. The van der Waals surface area contributed by atoms with E-state index in [0.717, 1.165) is 54.5 Å². The molecule has 1 aromatic carbocycles. The predicted octanol–water partition coefficient (Wildman–Crippen LogP) is 5.29. The van der Waals surface area contributed by atoms with E-state index in [9.17, 15) is 18.4 Å². The van der Waals surface area contributed by atoms with E-state index < -0.39 is 36.2 Å². The molecule has 0 spiro atoms. The van der Waals surface area contributed by atoms with E-state index in [1.807, 2.05) is 25.1 Å². The Labute approximate surface area is 264 Å². The first-order valence-corrected chi connectivity index (χ1v) is 16.6. The lowest BCUT2D eigenvalue weighted by atomic mass is 10.0. The minimum Gasteiger partial charge on any atom is -0.348 e. The van der Waals surface area contributed by atoms with Crippen molar-refractivity contribution < 1.29 is 22.8 Å². The van der Waals surface area contributed by atoms with Crippen molar-refractivity contribution in [3.8, 4) is 11.5 Å². The van der Waals surface area contributed by atoms with Crippen LogP contribution in [-0.4, -0.2) is 62.4 Å². The molecule has 2 bridgehead atoms. The number of halogens is 3. The summed E-state index contributed by atoms with van der Waals surface area (Å²) in [5.74, 6) is -0.359. The zero-order valence-corrected chi connectivity index (χ0v) is 25.7. The smallest absolute Gasteiger partial charge is 0.254 e. The van der Waals surface area contributed by atoms with Gasteiger partial charge in [0.25, 0.3) is 5.91 Å². The van der Waals surface area contributed by atoms with Crippen LogP contribution in [0.4, 0.5) is 13.2 Å². The average Bonchev–Trinajstić information content (AvgIpc) is 3.90. The van der Waals surface area contributed by atoms with E-state index in [1.54, 1.807) is 4.57 Å². The quantitative estimate of drug-likeness (QED) is 0.283. The van der Waals surface area contributed by atoms with Gasteiger partial charge in [-0.3, -0.25) is 9.59 Å². The van der Waals surface area contributed by atoms with E-state index >= 15 is 4.39 Å². The van der Waals surface area contributed by atoms with E-state index in [1.165, 1.54) is 12.1 Å². The van der Waals surface area contributed by atoms with E-state index in [0.29, 0.717) is 35.9 Å². The van der Waals surface area contributed by atoms with Crippen LogP contribution in [0.2, 0.25) is 0 Å². The number of aryl methyl sites for hydroxylation is 1. The van der Waals surface area contributed by atoms with Gasteiger partial charge in [0.2, 0.25) is 5.91 Å². The number of nitrogens with one attached hydrogen (secondary N) is 3. The predicted molar refractivity (Wildman–Crippen MR) is 167 cm³/mol. The van der Waals surface area contributed by atoms with Gasteiger partial charge in [-0.1, -0.05) is 12.8 Å². The van der Waals surface area contributed by atoms with Gasteiger partial charge in [-0.05, 0) is 69.3 Å². The highest BCUT2D eigenvalue weighted by Crippen LogP contribution is 2.45. The van der Waals surface area contributed by atoms with Crippen LogP contribution in [0, 0.1) is 17.7 Å². The second-order valence-electron chi connectivity index (χ2n) is 13.5. The average molecular weight is 634 g/mol. The summed E-state index contributed by atoms with van der Waals surface area (Å²) in [4.78, 5) is 35.9. The van der Waals surface area contributed by atoms with Crippen LogP contribution >= 0.6 is 0 Å². The molecule has 8 rings (SSSR count). The fraction of sp³-hybridized carbons (Fsp3) is 0.529. The van der Waals surface area contributed by atoms with Crippen molar-refractivity contribution in [3.05, 3.63) is 47.4 Å². The lowest BCUT2D eigenvalue weighted by Gasteiger charge is -2.27. The zero-order valence-electron chi connectivity index (χ0n) is 25.7. The number of hydrogen-bond donors (Lipinski definition) is 3. The van der Waals surface area contributed by atoms with E-state index in [2.05, 4.69) is 20.5 Å². The first kappa shape index (κ1) is 29.5. The van der Waals surface area contributed by atoms with Gasteiger partial charge in [-0.25, -0.2) is 23.1 Å². The summed E-state index contributed by atoms with van der Waals surface area (Å²) in [5, 5.41) is 9.71. The number of imidazole rings is 1. The molecule has 0 radical (unpaired) electrons. The maximum absolute atomic E-state index is 15.6. The molecule has 4 aromatic rings. The molecule has 1 saturated heterocycles. The van der Waals surface area contributed by atoms with Crippen LogP contribution in [-0.2, 0) is 11.3 Å². The van der Waals surface area contributed by atoms with Crippen molar-refractivity contribution in [1.29, 1.82) is 0 Å². The lowest BCUT2D eigenvalue weighted by molar-refractivity contribution is -0.123. The van der Waals surface area contributed by atoms with Crippen molar-refractivity contribution in [3.63, 3.8) is 0 Å². The summed E-state index contributed by atoms with van der Waals surface area (Å²) in [6, 6.07) is 6.99. The number of hydrogen-bond acceptors (Lipinski definition) is 5. The fourth-order valence-electron chi connectivity index (χ4n) is 7.37. The summed E-state index contributed by atoms with van der Waals surface area (Å²) >= 11 is 0. The van der Waals surface area contributed by atoms with Crippen LogP contribution in [0.15, 0.2) is 30.3 Å². The Bertz CT molecular complexity index is 1850. The number of carbonyl (C=O) groups is 2. The van der Waals surface area contributed by atoms with Crippen LogP contribution in [0.5, 0.6) is 0 Å². The first-order valence-electron chi connectivity index (χ1n) is 16.6. The molecule has 2 amide bonds. The minimum absolute atomic E-state index is 0.0895. The van der Waals surface area contributed by atoms with Gasteiger partial charge >= 0.3 is 0 Å². The number of rotatable bonds is 4. The molecule has 0 unspecified atom stereocenters. The van der Waals surface area contributed by atoms with Gasteiger partial charge in [0.15, 0.2) is 5.82 Å². The molecule has 46 heavy (non-hydrogen) atoms. The molecule has 9 nitrogen and oxygen atoms in total. The molecule has 5 heterocycles. The SMILES string of the molecule is C[C@H]1NC(=O)[C@@H]2C[C@H]2CCCCCn2c(-c3nc4cc(C(=O)N[C@H]5CNCC[C@@H]5F)c(F)cc4n3[C@H]3C[C@H]3F)cc3ccc1nc32. The highest BCUT2D eigenvalue weighted by molar-refractivity contribution is 5.98. The van der Waals surface area contributed by atoms with Crippen molar-refractivity contribution >= 4 is 33.9 Å². The van der Waals surface area contributed by atoms with Gasteiger partial charge in [-0.15, -0.1) is 0 Å². The monoisotopic (exact) mass is 633 g/mol. The first-order chi connectivity index (χ1) is 22.3. The fourth-order valence-corrected chi connectivity index (χ4v) is 7.37. The van der Waals surface area contributed by atoms with Crippen molar-refractivity contribution in [1.82, 2.24) is 35.1 Å².